The quantitative estimate of drug-likeness (QED) is 0.796. The van der Waals surface area contributed by atoms with E-state index in [-0.39, 0.29) is 4.88 Å². The molecule has 0 aliphatic carbocycles. The monoisotopic (exact) mass is 292 g/mol. The van der Waals surface area contributed by atoms with E-state index in [9.17, 15) is 18.0 Å². The molecule has 3 nitrogen and oxygen atoms in total. The van der Waals surface area contributed by atoms with Crippen LogP contribution in [0, 0.1) is 13.8 Å². The van der Waals surface area contributed by atoms with Gasteiger partial charge >= 0.3 is 6.18 Å². The van der Waals surface area contributed by atoms with Gasteiger partial charge in [0.25, 0.3) is 0 Å². The van der Waals surface area contributed by atoms with Crippen molar-refractivity contribution in [1.29, 1.82) is 0 Å². The fourth-order valence-electron chi connectivity index (χ4n) is 1.36. The highest BCUT2D eigenvalue weighted by Crippen LogP contribution is 2.33. The Hall–Kier alpha value is -1.28. The number of nitrogens with zero attached hydrogens (tertiary/aromatic N) is 2. The minimum atomic E-state index is -4.51. The van der Waals surface area contributed by atoms with Crippen LogP contribution >= 0.6 is 22.7 Å². The van der Waals surface area contributed by atoms with E-state index in [1.807, 2.05) is 0 Å². The van der Waals surface area contributed by atoms with Gasteiger partial charge in [-0.25, -0.2) is 9.97 Å². The van der Waals surface area contributed by atoms with Crippen molar-refractivity contribution in [3.05, 3.63) is 31.7 Å². The van der Waals surface area contributed by atoms with Crippen molar-refractivity contribution >= 4 is 28.5 Å². The van der Waals surface area contributed by atoms with E-state index in [0.29, 0.717) is 26.9 Å². The largest absolute Gasteiger partial charge is 0.443 e. The van der Waals surface area contributed by atoms with E-state index in [1.165, 1.54) is 11.3 Å². The molecular formula is C10H7F3N2OS2. The van der Waals surface area contributed by atoms with Crippen LogP contribution in [0.15, 0.2) is 6.20 Å². The molecule has 0 N–H and O–H groups in total. The van der Waals surface area contributed by atoms with E-state index in [0.717, 1.165) is 6.20 Å². The first-order valence-corrected chi connectivity index (χ1v) is 6.44. The number of aryl methyl sites for hydroxylation is 2. The third-order valence-corrected chi connectivity index (χ3v) is 4.19. The molecule has 0 radical (unpaired) electrons. The number of rotatable bonds is 2. The summed E-state index contributed by atoms with van der Waals surface area (Å²) in [6, 6.07) is 0. The van der Waals surface area contributed by atoms with Gasteiger partial charge in [0.15, 0.2) is 5.01 Å². The molecule has 0 atom stereocenters. The zero-order valence-corrected chi connectivity index (χ0v) is 11.0. The summed E-state index contributed by atoms with van der Waals surface area (Å²) in [5.74, 6) is -0.453. The van der Waals surface area contributed by atoms with Crippen molar-refractivity contribution < 1.29 is 18.0 Å². The van der Waals surface area contributed by atoms with Crippen molar-refractivity contribution in [3.8, 4) is 0 Å². The minimum absolute atomic E-state index is 0.0194. The van der Waals surface area contributed by atoms with Crippen LogP contribution in [0.5, 0.6) is 0 Å². The molecule has 2 aromatic rings. The first kappa shape index (κ1) is 13.2. The Morgan fingerprint density at radius 2 is 1.94 bits per heavy atom. The predicted octanol–water partition coefficient (Wildman–Crippen LogP) is 3.47. The zero-order valence-electron chi connectivity index (χ0n) is 9.33. The SMILES string of the molecule is Cc1nc(C)c(C(=O)c2cnc(C(F)(F)F)s2)s1. The molecule has 0 aliphatic heterocycles. The Morgan fingerprint density at radius 3 is 2.39 bits per heavy atom. The molecular weight excluding hydrogens is 285 g/mol. The van der Waals surface area contributed by atoms with Gasteiger partial charge in [0.1, 0.15) is 0 Å². The Labute approximate surface area is 108 Å². The maximum absolute atomic E-state index is 12.4. The fraction of sp³-hybridized carbons (Fsp3) is 0.300. The number of ketones is 1. The number of carbonyl (C=O) groups excluding carboxylic acids is 1. The van der Waals surface area contributed by atoms with Crippen molar-refractivity contribution in [2.75, 3.05) is 0 Å². The van der Waals surface area contributed by atoms with Crippen molar-refractivity contribution in [2.24, 2.45) is 0 Å². The Morgan fingerprint density at radius 1 is 1.28 bits per heavy atom. The predicted molar refractivity (Wildman–Crippen MR) is 62.1 cm³/mol. The van der Waals surface area contributed by atoms with Gasteiger partial charge in [0.2, 0.25) is 5.78 Å². The highest BCUT2D eigenvalue weighted by atomic mass is 32.1. The lowest BCUT2D eigenvalue weighted by molar-refractivity contribution is -0.137. The number of hydrogen-bond acceptors (Lipinski definition) is 5. The van der Waals surface area contributed by atoms with Crippen LogP contribution in [0.2, 0.25) is 0 Å². The van der Waals surface area contributed by atoms with Gasteiger partial charge < -0.3 is 0 Å². The maximum atomic E-state index is 12.4. The smallest absolute Gasteiger partial charge is 0.287 e. The molecule has 0 aromatic carbocycles. The molecule has 2 aromatic heterocycles. The Bertz CT molecular complexity index is 601. The first-order valence-electron chi connectivity index (χ1n) is 4.81. The number of aromatic nitrogens is 2. The standard InChI is InChI=1S/C10H7F3N2OS2/c1-4-8(17-5(2)15-4)7(16)6-3-14-9(18-6)10(11,12)13/h3H,1-2H3. The lowest BCUT2D eigenvalue weighted by Crippen LogP contribution is -2.03. The number of thiazole rings is 2. The van der Waals surface area contributed by atoms with Crippen LogP contribution in [-0.4, -0.2) is 15.8 Å². The minimum Gasteiger partial charge on any atom is -0.287 e. The van der Waals surface area contributed by atoms with Gasteiger partial charge in [-0.15, -0.1) is 22.7 Å². The van der Waals surface area contributed by atoms with Gasteiger partial charge in [-0.05, 0) is 13.8 Å². The van der Waals surface area contributed by atoms with Crippen LogP contribution in [0.4, 0.5) is 13.2 Å². The third-order valence-electron chi connectivity index (χ3n) is 2.08. The molecule has 0 fully saturated rings. The van der Waals surface area contributed by atoms with Crippen molar-refractivity contribution in [3.63, 3.8) is 0 Å². The van der Waals surface area contributed by atoms with Crippen LogP contribution in [0.1, 0.15) is 30.3 Å². The summed E-state index contributed by atoms with van der Waals surface area (Å²) < 4.78 is 37.1. The van der Waals surface area contributed by atoms with E-state index in [1.54, 1.807) is 13.8 Å². The second-order valence-corrected chi connectivity index (χ2v) is 5.74. The van der Waals surface area contributed by atoms with Crippen molar-refractivity contribution in [2.45, 2.75) is 20.0 Å². The molecule has 0 spiro atoms. The van der Waals surface area contributed by atoms with Gasteiger partial charge in [-0.2, -0.15) is 13.2 Å². The molecule has 0 aliphatic rings. The normalized spacial score (nSPS) is 11.8. The summed E-state index contributed by atoms with van der Waals surface area (Å²) >= 11 is 1.52. The molecule has 2 heterocycles. The first-order chi connectivity index (χ1) is 8.29. The highest BCUT2D eigenvalue weighted by Gasteiger charge is 2.35. The lowest BCUT2D eigenvalue weighted by Gasteiger charge is -1.98. The van der Waals surface area contributed by atoms with E-state index in [4.69, 9.17) is 0 Å². The summed E-state index contributed by atoms with van der Waals surface area (Å²) in [6.07, 6.45) is -3.55. The molecule has 0 amide bonds. The Balaban J connectivity index is 2.35. The molecule has 96 valence electrons. The number of alkyl halides is 3. The average Bonchev–Trinajstić information content (AvgIpc) is 2.83. The zero-order chi connectivity index (χ0) is 13.5. The molecule has 0 saturated carbocycles. The van der Waals surface area contributed by atoms with E-state index >= 15 is 0 Å². The molecule has 0 saturated heterocycles. The van der Waals surface area contributed by atoms with E-state index < -0.39 is 17.0 Å². The number of carbonyl (C=O) groups is 1. The number of halogens is 3. The second-order valence-electron chi connectivity index (χ2n) is 3.50. The van der Waals surface area contributed by atoms with Gasteiger partial charge in [-0.1, -0.05) is 0 Å². The summed E-state index contributed by atoms with van der Waals surface area (Å²) in [5, 5.41) is -0.304. The summed E-state index contributed by atoms with van der Waals surface area (Å²) in [6.45, 7) is 3.39. The molecule has 18 heavy (non-hydrogen) atoms. The van der Waals surface area contributed by atoms with E-state index in [2.05, 4.69) is 9.97 Å². The van der Waals surface area contributed by atoms with Crippen LogP contribution in [0.25, 0.3) is 0 Å². The summed E-state index contributed by atoms with van der Waals surface area (Å²) in [4.78, 5) is 19.6. The maximum Gasteiger partial charge on any atom is 0.443 e. The summed E-state index contributed by atoms with van der Waals surface area (Å²) in [7, 11) is 0. The number of hydrogen-bond donors (Lipinski definition) is 0. The van der Waals surface area contributed by atoms with Crippen LogP contribution in [-0.2, 0) is 6.18 Å². The fourth-order valence-corrected chi connectivity index (χ4v) is 3.03. The van der Waals surface area contributed by atoms with Crippen LogP contribution < -0.4 is 0 Å². The lowest BCUT2D eigenvalue weighted by atomic mass is 10.2. The second kappa shape index (κ2) is 4.43. The molecule has 8 heteroatoms. The van der Waals surface area contributed by atoms with Gasteiger partial charge in [0.05, 0.1) is 20.5 Å². The molecule has 2 rings (SSSR count). The Kier molecular flexibility index (Phi) is 3.24. The average molecular weight is 292 g/mol. The van der Waals surface area contributed by atoms with Gasteiger partial charge in [0, 0.05) is 6.20 Å². The topological polar surface area (TPSA) is 42.9 Å². The highest BCUT2D eigenvalue weighted by molar-refractivity contribution is 7.17. The van der Waals surface area contributed by atoms with Crippen LogP contribution in [0.3, 0.4) is 0 Å². The molecule has 0 bridgehead atoms. The van der Waals surface area contributed by atoms with Crippen molar-refractivity contribution in [1.82, 2.24) is 9.97 Å². The third kappa shape index (κ3) is 2.44. The summed E-state index contributed by atoms with van der Waals surface area (Å²) in [5.41, 5.74) is 0.532. The molecule has 0 unspecified atom stereocenters. The van der Waals surface area contributed by atoms with Gasteiger partial charge in [-0.3, -0.25) is 4.79 Å².